The van der Waals surface area contributed by atoms with Gasteiger partial charge in [0.15, 0.2) is 0 Å². The van der Waals surface area contributed by atoms with E-state index in [0.29, 0.717) is 11.7 Å². The van der Waals surface area contributed by atoms with Gasteiger partial charge in [-0.05, 0) is 19.3 Å². The van der Waals surface area contributed by atoms with Crippen LogP contribution in [0, 0.1) is 5.92 Å². The van der Waals surface area contributed by atoms with Crippen LogP contribution in [0.1, 0.15) is 33.2 Å². The molecule has 0 radical (unpaired) electrons. The standard InChI is InChI=1S/C12H23N3O3S/c1-10(2)9-11(3)15-12(5-6-13-15)14-19(16,17)8-7-18-4/h5-6,10-11,14H,7-9H2,1-4H3. The van der Waals surface area contributed by atoms with E-state index < -0.39 is 10.0 Å². The van der Waals surface area contributed by atoms with Crippen LogP contribution < -0.4 is 4.72 Å². The molecule has 0 aromatic carbocycles. The van der Waals surface area contributed by atoms with Crippen molar-refractivity contribution in [2.45, 2.75) is 33.2 Å². The minimum Gasteiger partial charge on any atom is -0.384 e. The largest absolute Gasteiger partial charge is 0.384 e. The number of aromatic nitrogens is 2. The molecule has 1 unspecified atom stereocenters. The van der Waals surface area contributed by atoms with Gasteiger partial charge in [-0.15, -0.1) is 0 Å². The molecule has 1 aromatic rings. The van der Waals surface area contributed by atoms with E-state index in [9.17, 15) is 8.42 Å². The van der Waals surface area contributed by atoms with Crippen LogP contribution in [-0.2, 0) is 14.8 Å². The Morgan fingerprint density at radius 3 is 2.68 bits per heavy atom. The molecule has 6 nitrogen and oxygen atoms in total. The van der Waals surface area contributed by atoms with E-state index in [1.807, 2.05) is 6.92 Å². The Morgan fingerprint density at radius 1 is 1.42 bits per heavy atom. The van der Waals surface area contributed by atoms with Gasteiger partial charge in [0.1, 0.15) is 5.82 Å². The van der Waals surface area contributed by atoms with Gasteiger partial charge in [-0.2, -0.15) is 5.10 Å². The summed E-state index contributed by atoms with van der Waals surface area (Å²) in [7, 11) is -1.91. The summed E-state index contributed by atoms with van der Waals surface area (Å²) in [5.74, 6) is 0.967. The predicted octanol–water partition coefficient (Wildman–Crippen LogP) is 1.88. The van der Waals surface area contributed by atoms with Gasteiger partial charge < -0.3 is 4.74 Å². The number of hydrogen-bond donors (Lipinski definition) is 1. The molecular formula is C12H23N3O3S. The normalized spacial score (nSPS) is 13.7. The fourth-order valence-electron chi connectivity index (χ4n) is 1.93. The van der Waals surface area contributed by atoms with E-state index in [2.05, 4.69) is 23.7 Å². The van der Waals surface area contributed by atoms with Crippen molar-refractivity contribution in [1.29, 1.82) is 0 Å². The first-order valence-electron chi connectivity index (χ1n) is 6.38. The molecule has 1 aromatic heterocycles. The lowest BCUT2D eigenvalue weighted by Gasteiger charge is -2.18. The average molecular weight is 289 g/mol. The van der Waals surface area contributed by atoms with Gasteiger partial charge in [-0.1, -0.05) is 13.8 Å². The molecule has 7 heteroatoms. The summed E-state index contributed by atoms with van der Waals surface area (Å²) in [6.45, 7) is 6.45. The second-order valence-electron chi connectivity index (χ2n) is 5.05. The second-order valence-corrected chi connectivity index (χ2v) is 6.90. The van der Waals surface area contributed by atoms with Gasteiger partial charge in [0.25, 0.3) is 0 Å². The lowest BCUT2D eigenvalue weighted by Crippen LogP contribution is -2.22. The van der Waals surface area contributed by atoms with Crippen LogP contribution >= 0.6 is 0 Å². The molecule has 19 heavy (non-hydrogen) atoms. The zero-order valence-electron chi connectivity index (χ0n) is 12.0. The number of anilines is 1. The van der Waals surface area contributed by atoms with E-state index in [1.165, 1.54) is 7.11 Å². The molecule has 0 aliphatic heterocycles. The number of nitrogens with one attached hydrogen (secondary N) is 1. The van der Waals surface area contributed by atoms with Crippen molar-refractivity contribution in [3.63, 3.8) is 0 Å². The van der Waals surface area contributed by atoms with E-state index in [1.54, 1.807) is 16.9 Å². The molecule has 0 amide bonds. The van der Waals surface area contributed by atoms with Gasteiger partial charge in [-0.25, -0.2) is 13.1 Å². The van der Waals surface area contributed by atoms with E-state index in [-0.39, 0.29) is 18.4 Å². The molecule has 0 aliphatic rings. The smallest absolute Gasteiger partial charge is 0.236 e. The van der Waals surface area contributed by atoms with Crippen molar-refractivity contribution in [1.82, 2.24) is 9.78 Å². The molecule has 0 bridgehead atoms. The molecule has 0 spiro atoms. The van der Waals surface area contributed by atoms with Crippen molar-refractivity contribution in [2.75, 3.05) is 24.2 Å². The first kappa shape index (κ1) is 16.0. The van der Waals surface area contributed by atoms with Gasteiger partial charge in [0.2, 0.25) is 10.0 Å². The van der Waals surface area contributed by atoms with Crippen LogP contribution in [0.2, 0.25) is 0 Å². The van der Waals surface area contributed by atoms with Crippen LogP contribution in [0.3, 0.4) is 0 Å². The molecule has 110 valence electrons. The Kier molecular flexibility index (Phi) is 5.81. The highest BCUT2D eigenvalue weighted by molar-refractivity contribution is 7.92. The quantitative estimate of drug-likeness (QED) is 0.793. The highest BCUT2D eigenvalue weighted by Crippen LogP contribution is 2.21. The van der Waals surface area contributed by atoms with Crippen LogP contribution in [0.15, 0.2) is 12.3 Å². The highest BCUT2D eigenvalue weighted by Gasteiger charge is 2.16. The summed E-state index contributed by atoms with van der Waals surface area (Å²) in [6, 6.07) is 1.82. The van der Waals surface area contributed by atoms with Crippen LogP contribution in [-0.4, -0.2) is 37.7 Å². The van der Waals surface area contributed by atoms with E-state index in [0.717, 1.165) is 6.42 Å². The van der Waals surface area contributed by atoms with Gasteiger partial charge in [0.05, 0.1) is 24.6 Å². The molecular weight excluding hydrogens is 266 g/mol. The number of methoxy groups -OCH3 is 1. The Hall–Kier alpha value is -1.08. The predicted molar refractivity (Wildman–Crippen MR) is 75.7 cm³/mol. The Morgan fingerprint density at radius 2 is 2.11 bits per heavy atom. The maximum Gasteiger partial charge on any atom is 0.236 e. The molecule has 1 rings (SSSR count). The van der Waals surface area contributed by atoms with Crippen molar-refractivity contribution in [2.24, 2.45) is 5.92 Å². The minimum absolute atomic E-state index is 0.0623. The molecule has 1 N–H and O–H groups in total. The highest BCUT2D eigenvalue weighted by atomic mass is 32.2. The van der Waals surface area contributed by atoms with Crippen molar-refractivity contribution >= 4 is 15.8 Å². The first-order chi connectivity index (χ1) is 8.85. The van der Waals surface area contributed by atoms with Gasteiger partial charge in [-0.3, -0.25) is 4.72 Å². The monoisotopic (exact) mass is 289 g/mol. The molecule has 0 saturated heterocycles. The molecule has 0 fully saturated rings. The maximum atomic E-state index is 11.8. The molecule has 0 aliphatic carbocycles. The van der Waals surface area contributed by atoms with Gasteiger partial charge in [0, 0.05) is 13.2 Å². The Bertz CT molecular complexity index is 482. The summed E-state index contributed by atoms with van der Waals surface area (Å²) in [6.07, 6.45) is 2.54. The summed E-state index contributed by atoms with van der Waals surface area (Å²) in [4.78, 5) is 0. The summed E-state index contributed by atoms with van der Waals surface area (Å²) >= 11 is 0. The zero-order chi connectivity index (χ0) is 14.5. The summed E-state index contributed by atoms with van der Waals surface area (Å²) in [5, 5.41) is 4.19. The fraction of sp³-hybridized carbons (Fsp3) is 0.750. The second kappa shape index (κ2) is 6.91. The van der Waals surface area contributed by atoms with Gasteiger partial charge >= 0.3 is 0 Å². The zero-order valence-corrected chi connectivity index (χ0v) is 12.8. The summed E-state index contributed by atoms with van der Waals surface area (Å²) < 4.78 is 32.7. The third-order valence-corrected chi connectivity index (χ3v) is 3.94. The number of hydrogen-bond acceptors (Lipinski definition) is 4. The van der Waals surface area contributed by atoms with Crippen molar-refractivity contribution < 1.29 is 13.2 Å². The lowest BCUT2D eigenvalue weighted by atomic mass is 10.1. The average Bonchev–Trinajstić information content (AvgIpc) is 2.73. The molecule has 1 heterocycles. The lowest BCUT2D eigenvalue weighted by molar-refractivity contribution is 0.217. The van der Waals surface area contributed by atoms with Crippen molar-refractivity contribution in [3.05, 3.63) is 12.3 Å². The van der Waals surface area contributed by atoms with Crippen LogP contribution in [0.5, 0.6) is 0 Å². The Balaban J connectivity index is 2.77. The fourth-order valence-corrected chi connectivity index (χ4v) is 2.90. The van der Waals surface area contributed by atoms with Crippen LogP contribution in [0.25, 0.3) is 0 Å². The number of nitrogens with zero attached hydrogens (tertiary/aromatic N) is 2. The third-order valence-electron chi connectivity index (χ3n) is 2.72. The van der Waals surface area contributed by atoms with E-state index in [4.69, 9.17) is 4.74 Å². The minimum atomic E-state index is -3.39. The summed E-state index contributed by atoms with van der Waals surface area (Å²) in [5.41, 5.74) is 0. The third kappa shape index (κ3) is 5.20. The Labute approximate surface area is 115 Å². The SMILES string of the molecule is COCCS(=O)(=O)Nc1ccnn1C(C)CC(C)C. The molecule has 1 atom stereocenters. The van der Waals surface area contributed by atoms with Crippen molar-refractivity contribution in [3.8, 4) is 0 Å². The topological polar surface area (TPSA) is 73.2 Å². The molecule has 0 saturated carbocycles. The number of sulfonamides is 1. The van der Waals surface area contributed by atoms with E-state index >= 15 is 0 Å². The first-order valence-corrected chi connectivity index (χ1v) is 8.04. The maximum absolute atomic E-state index is 11.8. The number of ether oxygens (including phenoxy) is 1. The van der Waals surface area contributed by atoms with Crippen LogP contribution in [0.4, 0.5) is 5.82 Å². The number of rotatable bonds is 8.